The number of nitrogens with one attached hydrogen (secondary N) is 1. The van der Waals surface area contributed by atoms with Crippen molar-refractivity contribution in [3.05, 3.63) is 53.8 Å². The molecule has 0 aromatic heterocycles. The molecule has 2 aromatic rings. The average molecular weight is 419 g/mol. The van der Waals surface area contributed by atoms with Gasteiger partial charge in [-0.3, -0.25) is 4.79 Å². The van der Waals surface area contributed by atoms with E-state index in [9.17, 15) is 26.4 Å². The second-order valence-electron chi connectivity index (χ2n) is 5.17. The first kappa shape index (κ1) is 21.1. The fraction of sp³-hybridized carbons (Fsp3) is 0.188. The second-order valence-corrected chi connectivity index (χ2v) is 8.11. The number of hydrogen-bond donors (Lipinski definition) is 2. The van der Waals surface area contributed by atoms with Crippen LogP contribution in [0.1, 0.15) is 0 Å². The van der Waals surface area contributed by atoms with Crippen LogP contribution in [0.2, 0.25) is 0 Å². The highest BCUT2D eigenvalue weighted by atomic mass is 32.2. The van der Waals surface area contributed by atoms with E-state index in [0.717, 1.165) is 48.2 Å². The SMILES string of the molecule is NC(=O)COc1c(F)cc(SCCNS(=O)(=O)c2ccc([18F])cc2)cc1F. The molecule has 0 spiro atoms. The zero-order valence-corrected chi connectivity index (χ0v) is 15.4. The normalized spacial score (nSPS) is 11.4. The van der Waals surface area contributed by atoms with Gasteiger partial charge in [0.05, 0.1) is 4.90 Å². The molecule has 27 heavy (non-hydrogen) atoms. The Balaban J connectivity index is 1.91. The van der Waals surface area contributed by atoms with E-state index in [0.29, 0.717) is 0 Å². The summed E-state index contributed by atoms with van der Waals surface area (Å²) in [5.74, 6) is -3.98. The quantitative estimate of drug-likeness (QED) is 0.479. The number of thioether (sulfide) groups is 1. The van der Waals surface area contributed by atoms with Crippen LogP contribution in [0.25, 0.3) is 0 Å². The van der Waals surface area contributed by atoms with Crippen molar-refractivity contribution < 1.29 is 31.1 Å². The molecule has 3 N–H and O–H groups in total. The molecule has 0 aliphatic rings. The molecule has 0 atom stereocenters. The Labute approximate surface area is 157 Å². The summed E-state index contributed by atoms with van der Waals surface area (Å²) in [6.07, 6.45) is 0. The summed E-state index contributed by atoms with van der Waals surface area (Å²) >= 11 is 1.01. The van der Waals surface area contributed by atoms with Gasteiger partial charge in [0.1, 0.15) is 5.82 Å². The molecule has 2 aromatic carbocycles. The summed E-state index contributed by atoms with van der Waals surface area (Å²) in [4.78, 5) is 10.7. The molecule has 0 saturated heterocycles. The van der Waals surface area contributed by atoms with Crippen molar-refractivity contribution in [2.24, 2.45) is 5.73 Å². The van der Waals surface area contributed by atoms with Crippen LogP contribution in [0.4, 0.5) is 13.2 Å². The number of rotatable bonds is 9. The van der Waals surface area contributed by atoms with Crippen molar-refractivity contribution in [1.82, 2.24) is 4.72 Å². The number of carbonyl (C=O) groups is 1. The smallest absolute Gasteiger partial charge is 0.255 e. The van der Waals surface area contributed by atoms with Crippen LogP contribution < -0.4 is 15.2 Å². The van der Waals surface area contributed by atoms with Crippen LogP contribution in [-0.2, 0) is 14.8 Å². The van der Waals surface area contributed by atoms with Gasteiger partial charge in [-0.15, -0.1) is 11.8 Å². The molecular formula is C16H15F3N2O4S2. The van der Waals surface area contributed by atoms with Gasteiger partial charge in [0.15, 0.2) is 24.0 Å². The number of carbonyl (C=O) groups excluding carboxylic acids is 1. The number of amides is 1. The van der Waals surface area contributed by atoms with Crippen molar-refractivity contribution in [1.29, 1.82) is 0 Å². The Morgan fingerprint density at radius 1 is 1.11 bits per heavy atom. The van der Waals surface area contributed by atoms with E-state index in [1.54, 1.807) is 0 Å². The summed E-state index contributed by atoms with van der Waals surface area (Å²) in [6, 6.07) is 6.30. The van der Waals surface area contributed by atoms with Gasteiger partial charge in [-0.05, 0) is 36.4 Å². The van der Waals surface area contributed by atoms with Crippen molar-refractivity contribution in [2.75, 3.05) is 18.9 Å². The molecule has 6 nitrogen and oxygen atoms in total. The van der Waals surface area contributed by atoms with Crippen LogP contribution in [0.5, 0.6) is 5.75 Å². The predicted octanol–water partition coefficient (Wildman–Crippen LogP) is 2.04. The predicted molar refractivity (Wildman–Crippen MR) is 93.4 cm³/mol. The Bertz CT molecular complexity index is 899. The van der Waals surface area contributed by atoms with Crippen LogP contribution in [0.15, 0.2) is 46.2 Å². The van der Waals surface area contributed by atoms with Crippen LogP contribution in [0, 0.1) is 17.5 Å². The first-order chi connectivity index (χ1) is 12.7. The second kappa shape index (κ2) is 9.11. The maximum absolute atomic E-state index is 13.8. The summed E-state index contributed by atoms with van der Waals surface area (Å²) < 4.78 is 71.5. The van der Waals surface area contributed by atoms with E-state index < -0.39 is 45.7 Å². The molecule has 0 aliphatic heterocycles. The number of ether oxygens (including phenoxy) is 1. The van der Waals surface area contributed by atoms with Gasteiger partial charge in [0, 0.05) is 17.2 Å². The fourth-order valence-corrected chi connectivity index (χ4v) is 3.92. The topological polar surface area (TPSA) is 98.5 Å². The Hall–Kier alpha value is -2.24. The zero-order valence-electron chi connectivity index (χ0n) is 13.7. The first-order valence-electron chi connectivity index (χ1n) is 7.47. The van der Waals surface area contributed by atoms with Crippen molar-refractivity contribution in [2.45, 2.75) is 9.79 Å². The molecule has 0 radical (unpaired) electrons. The van der Waals surface area contributed by atoms with E-state index in [4.69, 9.17) is 5.73 Å². The highest BCUT2D eigenvalue weighted by Crippen LogP contribution is 2.28. The minimum Gasteiger partial charge on any atom is -0.478 e. The summed E-state index contributed by atoms with van der Waals surface area (Å²) in [5.41, 5.74) is 4.85. The highest BCUT2D eigenvalue weighted by molar-refractivity contribution is 7.99. The standard InChI is InChI=1S/C16H15F3N2O4S2/c17-10-1-3-12(4-2-10)27(23,24)21-5-6-26-11-7-13(18)16(14(19)8-11)25-9-15(20)22/h1-4,7-8,21H,5-6,9H2,(H2,20,22)/i17-1. The van der Waals surface area contributed by atoms with Crippen LogP contribution in [-0.4, -0.2) is 33.2 Å². The lowest BCUT2D eigenvalue weighted by Gasteiger charge is -2.09. The number of benzene rings is 2. The van der Waals surface area contributed by atoms with Gasteiger partial charge in [-0.1, -0.05) is 0 Å². The minimum atomic E-state index is -3.81. The number of primary amides is 1. The zero-order chi connectivity index (χ0) is 20.0. The maximum Gasteiger partial charge on any atom is 0.255 e. The van der Waals surface area contributed by atoms with E-state index in [2.05, 4.69) is 9.46 Å². The highest BCUT2D eigenvalue weighted by Gasteiger charge is 2.15. The lowest BCUT2D eigenvalue weighted by atomic mass is 10.3. The van der Waals surface area contributed by atoms with Gasteiger partial charge in [0.25, 0.3) is 5.91 Å². The first-order valence-corrected chi connectivity index (χ1v) is 9.94. The molecule has 1 amide bonds. The molecule has 146 valence electrons. The van der Waals surface area contributed by atoms with E-state index >= 15 is 0 Å². The fourth-order valence-electron chi connectivity index (χ4n) is 1.94. The third-order valence-corrected chi connectivity index (χ3v) is 5.57. The van der Waals surface area contributed by atoms with Gasteiger partial charge >= 0.3 is 0 Å². The van der Waals surface area contributed by atoms with Crippen molar-refractivity contribution >= 4 is 27.7 Å². The number of sulfonamides is 1. The average Bonchev–Trinajstić information content (AvgIpc) is 2.58. The molecule has 0 bridgehead atoms. The van der Waals surface area contributed by atoms with Gasteiger partial charge in [-0.25, -0.2) is 26.3 Å². The van der Waals surface area contributed by atoms with E-state index in [1.165, 1.54) is 0 Å². The number of halogens is 3. The van der Waals surface area contributed by atoms with Crippen molar-refractivity contribution in [3.63, 3.8) is 0 Å². The number of hydrogen-bond acceptors (Lipinski definition) is 5. The third kappa shape index (κ3) is 6.15. The molecule has 11 heteroatoms. The van der Waals surface area contributed by atoms with Gasteiger partial charge < -0.3 is 10.5 Å². The molecular weight excluding hydrogens is 404 g/mol. The van der Waals surface area contributed by atoms with Gasteiger partial charge in [-0.2, -0.15) is 0 Å². The molecule has 0 saturated carbocycles. The minimum absolute atomic E-state index is 0.0203. The maximum atomic E-state index is 13.8. The largest absolute Gasteiger partial charge is 0.478 e. The molecule has 2 rings (SSSR count). The van der Waals surface area contributed by atoms with E-state index in [-0.39, 0.29) is 22.1 Å². The lowest BCUT2D eigenvalue weighted by Crippen LogP contribution is -2.26. The van der Waals surface area contributed by atoms with Crippen LogP contribution in [0.3, 0.4) is 0 Å². The van der Waals surface area contributed by atoms with Crippen molar-refractivity contribution in [3.8, 4) is 5.75 Å². The van der Waals surface area contributed by atoms with Gasteiger partial charge in [0.2, 0.25) is 10.0 Å². The molecule has 0 heterocycles. The Morgan fingerprint density at radius 3 is 2.26 bits per heavy atom. The Kier molecular flexibility index (Phi) is 7.11. The molecule has 0 aliphatic carbocycles. The monoisotopic (exact) mass is 419 g/mol. The molecule has 0 fully saturated rings. The summed E-state index contributed by atoms with van der Waals surface area (Å²) in [5, 5.41) is 0. The Morgan fingerprint density at radius 2 is 1.70 bits per heavy atom. The lowest BCUT2D eigenvalue weighted by molar-refractivity contribution is -0.120. The molecule has 0 unspecified atom stereocenters. The van der Waals surface area contributed by atoms with E-state index in [1.807, 2.05) is 0 Å². The van der Waals surface area contributed by atoms with Crippen LogP contribution >= 0.6 is 11.8 Å². The summed E-state index contributed by atoms with van der Waals surface area (Å²) in [7, 11) is -3.81. The third-order valence-electron chi connectivity index (χ3n) is 3.12. The number of nitrogens with two attached hydrogens (primary N) is 1. The summed E-state index contributed by atoms with van der Waals surface area (Å²) in [6.45, 7) is -0.682.